The highest BCUT2D eigenvalue weighted by atomic mass is 19.3. The Morgan fingerprint density at radius 2 is 2.20 bits per heavy atom. The van der Waals surface area contributed by atoms with Crippen LogP contribution >= 0.6 is 0 Å². The molecule has 10 heavy (non-hydrogen) atoms. The lowest BCUT2D eigenvalue weighted by Gasteiger charge is -2.21. The summed E-state index contributed by atoms with van der Waals surface area (Å²) in [5, 5.41) is 0. The van der Waals surface area contributed by atoms with Gasteiger partial charge in [0.15, 0.2) is 0 Å². The summed E-state index contributed by atoms with van der Waals surface area (Å²) in [5.41, 5.74) is 5.39. The van der Waals surface area contributed by atoms with E-state index in [0.29, 0.717) is 12.8 Å². The van der Waals surface area contributed by atoms with Crippen molar-refractivity contribution in [3.63, 3.8) is 0 Å². The molecule has 1 aliphatic carbocycles. The Morgan fingerprint density at radius 3 is 2.40 bits per heavy atom. The van der Waals surface area contributed by atoms with Gasteiger partial charge in [-0.3, -0.25) is 0 Å². The molecule has 0 bridgehead atoms. The highest BCUT2D eigenvalue weighted by Crippen LogP contribution is 2.41. The highest BCUT2D eigenvalue weighted by Gasteiger charge is 2.45. The first-order valence-corrected chi connectivity index (χ1v) is 3.67. The van der Waals surface area contributed by atoms with Gasteiger partial charge in [0, 0.05) is 18.4 Å². The Hall–Kier alpha value is -0.180. The van der Waals surface area contributed by atoms with E-state index in [1.54, 1.807) is 6.92 Å². The van der Waals surface area contributed by atoms with Gasteiger partial charge >= 0.3 is 0 Å². The minimum Gasteiger partial charge on any atom is -0.327 e. The molecule has 1 rings (SSSR count). The summed E-state index contributed by atoms with van der Waals surface area (Å²) in [6, 6.07) is -0.363. The summed E-state index contributed by atoms with van der Waals surface area (Å²) in [6.45, 7) is 1.66. The molecular weight excluding hydrogens is 136 g/mol. The maximum absolute atomic E-state index is 12.8. The van der Waals surface area contributed by atoms with Crippen molar-refractivity contribution in [2.75, 3.05) is 0 Å². The Bertz CT molecular complexity index is 123. The van der Waals surface area contributed by atoms with Crippen molar-refractivity contribution < 1.29 is 8.78 Å². The van der Waals surface area contributed by atoms with Crippen LogP contribution in [0.15, 0.2) is 0 Å². The molecule has 1 saturated carbocycles. The van der Waals surface area contributed by atoms with Crippen LogP contribution < -0.4 is 5.73 Å². The van der Waals surface area contributed by atoms with Crippen LogP contribution in [-0.2, 0) is 0 Å². The number of alkyl halides is 2. The van der Waals surface area contributed by atoms with E-state index >= 15 is 0 Å². The van der Waals surface area contributed by atoms with E-state index in [4.69, 9.17) is 5.73 Å². The third-order valence-electron chi connectivity index (χ3n) is 2.20. The van der Waals surface area contributed by atoms with E-state index in [9.17, 15) is 8.78 Å². The number of hydrogen-bond acceptors (Lipinski definition) is 1. The molecule has 1 fully saturated rings. The normalized spacial score (nSPS) is 34.2. The van der Waals surface area contributed by atoms with Gasteiger partial charge in [-0.15, -0.1) is 0 Å². The van der Waals surface area contributed by atoms with Gasteiger partial charge in [-0.1, -0.05) is 0 Å². The summed E-state index contributed by atoms with van der Waals surface area (Å²) in [4.78, 5) is 0. The van der Waals surface area contributed by atoms with Crippen molar-refractivity contribution in [1.29, 1.82) is 0 Å². The molecule has 0 aromatic carbocycles. The predicted molar refractivity (Wildman–Crippen MR) is 35.9 cm³/mol. The minimum atomic E-state index is -2.49. The molecule has 0 radical (unpaired) electrons. The fraction of sp³-hybridized carbons (Fsp3) is 1.00. The van der Waals surface area contributed by atoms with Gasteiger partial charge < -0.3 is 5.73 Å². The van der Waals surface area contributed by atoms with Gasteiger partial charge in [0.05, 0.1) is 0 Å². The molecule has 0 heterocycles. The minimum absolute atomic E-state index is 0.0270. The Morgan fingerprint density at radius 1 is 1.60 bits per heavy atom. The van der Waals surface area contributed by atoms with Gasteiger partial charge in [-0.05, 0) is 19.8 Å². The summed E-state index contributed by atoms with van der Waals surface area (Å²) in [6.07, 6.45) is 1.24. The van der Waals surface area contributed by atoms with E-state index in [1.807, 2.05) is 0 Å². The first-order valence-electron chi connectivity index (χ1n) is 3.67. The SMILES string of the molecule is C[C@H](N)C1CCCC1(F)F. The zero-order chi connectivity index (χ0) is 7.78. The summed E-state index contributed by atoms with van der Waals surface area (Å²) < 4.78 is 25.6. The molecule has 0 spiro atoms. The third-order valence-corrected chi connectivity index (χ3v) is 2.20. The molecule has 0 aromatic rings. The second-order valence-corrected chi connectivity index (χ2v) is 3.12. The molecule has 0 saturated heterocycles. The van der Waals surface area contributed by atoms with Crippen molar-refractivity contribution in [1.82, 2.24) is 0 Å². The van der Waals surface area contributed by atoms with E-state index in [1.165, 1.54) is 0 Å². The molecule has 3 heteroatoms. The Kier molecular flexibility index (Phi) is 1.95. The molecule has 0 amide bonds. The number of halogens is 2. The van der Waals surface area contributed by atoms with E-state index < -0.39 is 11.8 Å². The van der Waals surface area contributed by atoms with Gasteiger partial charge in [0.2, 0.25) is 0 Å². The number of rotatable bonds is 1. The van der Waals surface area contributed by atoms with Gasteiger partial charge in [-0.2, -0.15) is 0 Å². The lowest BCUT2D eigenvalue weighted by molar-refractivity contribution is -0.0432. The fourth-order valence-corrected chi connectivity index (χ4v) is 1.60. The maximum Gasteiger partial charge on any atom is 0.252 e. The molecule has 0 aliphatic heterocycles. The van der Waals surface area contributed by atoms with Crippen molar-refractivity contribution >= 4 is 0 Å². The molecule has 0 aromatic heterocycles. The van der Waals surface area contributed by atoms with Crippen LogP contribution in [0.3, 0.4) is 0 Å². The van der Waals surface area contributed by atoms with Crippen LogP contribution in [-0.4, -0.2) is 12.0 Å². The monoisotopic (exact) mass is 149 g/mol. The smallest absolute Gasteiger partial charge is 0.252 e. The average Bonchev–Trinajstić information content (AvgIpc) is 2.08. The van der Waals surface area contributed by atoms with Crippen LogP contribution in [0.1, 0.15) is 26.2 Å². The van der Waals surface area contributed by atoms with Crippen LogP contribution in [0.4, 0.5) is 8.78 Å². The fourth-order valence-electron chi connectivity index (χ4n) is 1.60. The molecule has 2 N–H and O–H groups in total. The Balaban J connectivity index is 2.59. The predicted octanol–water partition coefficient (Wildman–Crippen LogP) is 1.77. The second kappa shape index (κ2) is 2.46. The van der Waals surface area contributed by atoms with E-state index in [0.717, 1.165) is 0 Å². The van der Waals surface area contributed by atoms with Crippen molar-refractivity contribution in [3.8, 4) is 0 Å². The topological polar surface area (TPSA) is 26.0 Å². The first-order chi connectivity index (χ1) is 4.54. The first kappa shape index (κ1) is 7.92. The summed E-state index contributed by atoms with van der Waals surface area (Å²) in [7, 11) is 0. The van der Waals surface area contributed by atoms with E-state index in [2.05, 4.69) is 0 Å². The average molecular weight is 149 g/mol. The molecule has 2 atom stereocenters. The molecule has 1 aliphatic rings. The summed E-state index contributed by atoms with van der Waals surface area (Å²) in [5.74, 6) is -3.07. The van der Waals surface area contributed by atoms with Crippen LogP contribution in [0.2, 0.25) is 0 Å². The zero-order valence-electron chi connectivity index (χ0n) is 6.11. The molecule has 60 valence electrons. The molecule has 1 nitrogen and oxygen atoms in total. The zero-order valence-corrected chi connectivity index (χ0v) is 6.11. The number of nitrogens with two attached hydrogens (primary N) is 1. The summed E-state index contributed by atoms with van der Waals surface area (Å²) >= 11 is 0. The molecule has 1 unspecified atom stereocenters. The van der Waals surface area contributed by atoms with Crippen LogP contribution in [0.5, 0.6) is 0 Å². The Labute approximate surface area is 59.6 Å². The maximum atomic E-state index is 12.8. The quantitative estimate of drug-likeness (QED) is 0.604. The van der Waals surface area contributed by atoms with Gasteiger partial charge in [-0.25, -0.2) is 8.78 Å². The largest absolute Gasteiger partial charge is 0.327 e. The number of hydrogen-bond donors (Lipinski definition) is 1. The van der Waals surface area contributed by atoms with E-state index in [-0.39, 0.29) is 12.5 Å². The molecular formula is C7H13F2N. The third kappa shape index (κ3) is 1.29. The second-order valence-electron chi connectivity index (χ2n) is 3.12. The lowest BCUT2D eigenvalue weighted by Crippen LogP contribution is -2.36. The van der Waals surface area contributed by atoms with Crippen LogP contribution in [0.25, 0.3) is 0 Å². The lowest BCUT2D eigenvalue weighted by atomic mass is 9.98. The van der Waals surface area contributed by atoms with Crippen molar-refractivity contribution in [2.45, 2.75) is 38.2 Å². The van der Waals surface area contributed by atoms with Crippen molar-refractivity contribution in [3.05, 3.63) is 0 Å². The van der Waals surface area contributed by atoms with Gasteiger partial charge in [0.25, 0.3) is 5.92 Å². The van der Waals surface area contributed by atoms with Crippen LogP contribution in [0, 0.1) is 5.92 Å². The standard InChI is InChI=1S/C7H13F2N/c1-5(10)6-3-2-4-7(6,8)9/h5-6H,2-4,10H2,1H3/t5-,6?/m0/s1. The highest BCUT2D eigenvalue weighted by molar-refractivity contribution is 4.88. The van der Waals surface area contributed by atoms with Crippen molar-refractivity contribution in [2.24, 2.45) is 11.7 Å². The van der Waals surface area contributed by atoms with Gasteiger partial charge in [0.1, 0.15) is 0 Å².